The molecule has 0 spiro atoms. The SMILES string of the molecule is CN1CCNCC1C1CCOC1. The lowest BCUT2D eigenvalue weighted by Crippen LogP contribution is -2.52. The second-order valence-electron chi connectivity index (χ2n) is 3.88. The van der Waals surface area contributed by atoms with Crippen LogP contribution in [0.2, 0.25) is 0 Å². The summed E-state index contributed by atoms with van der Waals surface area (Å²) in [6.45, 7) is 5.40. The van der Waals surface area contributed by atoms with Crippen LogP contribution in [0.15, 0.2) is 0 Å². The number of hydrogen-bond donors (Lipinski definition) is 1. The highest BCUT2D eigenvalue weighted by molar-refractivity contribution is 4.85. The van der Waals surface area contributed by atoms with Gasteiger partial charge in [0.2, 0.25) is 0 Å². The minimum atomic E-state index is 0.709. The van der Waals surface area contributed by atoms with Crippen molar-refractivity contribution in [2.75, 3.05) is 39.9 Å². The minimum Gasteiger partial charge on any atom is -0.381 e. The zero-order valence-corrected chi connectivity index (χ0v) is 7.75. The molecule has 3 nitrogen and oxygen atoms in total. The van der Waals surface area contributed by atoms with Gasteiger partial charge >= 0.3 is 0 Å². The molecule has 1 N–H and O–H groups in total. The Hall–Kier alpha value is -0.120. The third kappa shape index (κ3) is 1.63. The van der Waals surface area contributed by atoms with Crippen LogP contribution in [0.5, 0.6) is 0 Å². The van der Waals surface area contributed by atoms with E-state index >= 15 is 0 Å². The molecule has 2 aliphatic rings. The number of nitrogens with one attached hydrogen (secondary N) is 1. The number of piperazine rings is 1. The summed E-state index contributed by atoms with van der Waals surface area (Å²) in [6, 6.07) is 0.709. The van der Waals surface area contributed by atoms with E-state index in [1.54, 1.807) is 0 Å². The van der Waals surface area contributed by atoms with Crippen molar-refractivity contribution < 1.29 is 4.74 Å². The zero-order valence-electron chi connectivity index (χ0n) is 7.75. The fourth-order valence-corrected chi connectivity index (χ4v) is 2.21. The van der Waals surface area contributed by atoms with Gasteiger partial charge in [-0.1, -0.05) is 0 Å². The summed E-state index contributed by atoms with van der Waals surface area (Å²) in [7, 11) is 2.23. The van der Waals surface area contributed by atoms with Crippen molar-refractivity contribution in [3.63, 3.8) is 0 Å². The Bertz CT molecular complexity index is 145. The lowest BCUT2D eigenvalue weighted by atomic mass is 9.96. The molecule has 12 heavy (non-hydrogen) atoms. The van der Waals surface area contributed by atoms with Crippen LogP contribution in [-0.2, 0) is 4.74 Å². The Kier molecular flexibility index (Phi) is 2.63. The van der Waals surface area contributed by atoms with E-state index in [2.05, 4.69) is 17.3 Å². The topological polar surface area (TPSA) is 24.5 Å². The molecule has 0 amide bonds. The van der Waals surface area contributed by atoms with Gasteiger partial charge in [0.1, 0.15) is 0 Å². The molecule has 2 saturated heterocycles. The van der Waals surface area contributed by atoms with Crippen molar-refractivity contribution >= 4 is 0 Å². The van der Waals surface area contributed by atoms with Crippen LogP contribution >= 0.6 is 0 Å². The summed E-state index contributed by atoms with van der Waals surface area (Å²) in [5.41, 5.74) is 0. The Morgan fingerprint density at radius 1 is 1.50 bits per heavy atom. The zero-order chi connectivity index (χ0) is 8.39. The highest BCUT2D eigenvalue weighted by Crippen LogP contribution is 2.20. The first kappa shape index (κ1) is 8.48. The standard InChI is InChI=1S/C9H18N2O/c1-11-4-3-10-6-9(11)8-2-5-12-7-8/h8-10H,2-7H2,1H3. The molecule has 0 saturated carbocycles. The molecule has 0 aromatic heterocycles. The van der Waals surface area contributed by atoms with Crippen LogP contribution in [0.25, 0.3) is 0 Å². The van der Waals surface area contributed by atoms with E-state index in [1.807, 2.05) is 0 Å². The lowest BCUT2D eigenvalue weighted by molar-refractivity contribution is 0.119. The molecule has 2 aliphatic heterocycles. The van der Waals surface area contributed by atoms with Gasteiger partial charge in [-0.15, -0.1) is 0 Å². The third-order valence-corrected chi connectivity index (χ3v) is 3.07. The normalized spacial score (nSPS) is 38.8. The first-order valence-corrected chi connectivity index (χ1v) is 4.86. The van der Waals surface area contributed by atoms with Crippen molar-refractivity contribution in [3.8, 4) is 0 Å². The molecule has 0 bridgehead atoms. The van der Waals surface area contributed by atoms with E-state index in [9.17, 15) is 0 Å². The summed E-state index contributed by atoms with van der Waals surface area (Å²) >= 11 is 0. The molecule has 0 aromatic rings. The van der Waals surface area contributed by atoms with Crippen LogP contribution in [-0.4, -0.2) is 50.8 Å². The van der Waals surface area contributed by atoms with E-state index in [4.69, 9.17) is 4.74 Å². The van der Waals surface area contributed by atoms with Gasteiger partial charge < -0.3 is 15.0 Å². The molecule has 70 valence electrons. The molecule has 2 atom stereocenters. The summed E-state index contributed by atoms with van der Waals surface area (Å²) in [5.74, 6) is 0.766. The van der Waals surface area contributed by atoms with Gasteiger partial charge in [-0.3, -0.25) is 0 Å². The van der Waals surface area contributed by atoms with Crippen LogP contribution in [0.1, 0.15) is 6.42 Å². The van der Waals surface area contributed by atoms with Crippen molar-refractivity contribution in [2.45, 2.75) is 12.5 Å². The van der Waals surface area contributed by atoms with E-state index in [0.29, 0.717) is 6.04 Å². The second-order valence-corrected chi connectivity index (χ2v) is 3.88. The number of hydrogen-bond acceptors (Lipinski definition) is 3. The highest BCUT2D eigenvalue weighted by Gasteiger charge is 2.29. The molecular weight excluding hydrogens is 152 g/mol. The van der Waals surface area contributed by atoms with E-state index < -0.39 is 0 Å². The van der Waals surface area contributed by atoms with Crippen LogP contribution in [0.4, 0.5) is 0 Å². The predicted octanol–water partition coefficient (Wildman–Crippen LogP) is -0.0735. The number of nitrogens with zero attached hydrogens (tertiary/aromatic N) is 1. The first-order valence-electron chi connectivity index (χ1n) is 4.86. The molecule has 0 radical (unpaired) electrons. The average Bonchev–Trinajstić information content (AvgIpc) is 2.57. The number of ether oxygens (including phenoxy) is 1. The fourth-order valence-electron chi connectivity index (χ4n) is 2.21. The first-order chi connectivity index (χ1) is 5.88. The average molecular weight is 170 g/mol. The molecule has 2 unspecified atom stereocenters. The summed E-state index contributed by atoms with van der Waals surface area (Å²) < 4.78 is 5.40. The number of likely N-dealkylation sites (N-methyl/N-ethyl adjacent to an activating group) is 1. The Morgan fingerprint density at radius 3 is 3.08 bits per heavy atom. The second kappa shape index (κ2) is 3.73. The van der Waals surface area contributed by atoms with Gasteiger partial charge in [0.05, 0.1) is 6.61 Å². The van der Waals surface area contributed by atoms with Gasteiger partial charge in [-0.25, -0.2) is 0 Å². The summed E-state index contributed by atoms with van der Waals surface area (Å²) in [6.07, 6.45) is 1.25. The number of rotatable bonds is 1. The summed E-state index contributed by atoms with van der Waals surface area (Å²) in [4.78, 5) is 2.47. The Morgan fingerprint density at radius 2 is 2.42 bits per heavy atom. The molecule has 2 fully saturated rings. The molecule has 2 heterocycles. The molecular formula is C9H18N2O. The molecule has 0 aliphatic carbocycles. The third-order valence-electron chi connectivity index (χ3n) is 3.07. The lowest BCUT2D eigenvalue weighted by Gasteiger charge is -2.36. The predicted molar refractivity (Wildman–Crippen MR) is 48.2 cm³/mol. The van der Waals surface area contributed by atoms with Crippen molar-refractivity contribution in [1.82, 2.24) is 10.2 Å². The van der Waals surface area contributed by atoms with Gasteiger partial charge in [0, 0.05) is 38.2 Å². The molecule has 0 aromatic carbocycles. The monoisotopic (exact) mass is 170 g/mol. The van der Waals surface area contributed by atoms with Crippen LogP contribution in [0.3, 0.4) is 0 Å². The van der Waals surface area contributed by atoms with Crippen LogP contribution in [0, 0.1) is 5.92 Å². The minimum absolute atomic E-state index is 0.709. The maximum atomic E-state index is 5.40. The van der Waals surface area contributed by atoms with Gasteiger partial charge in [-0.2, -0.15) is 0 Å². The van der Waals surface area contributed by atoms with Gasteiger partial charge in [0.25, 0.3) is 0 Å². The quantitative estimate of drug-likeness (QED) is 0.596. The van der Waals surface area contributed by atoms with Crippen molar-refractivity contribution in [3.05, 3.63) is 0 Å². The van der Waals surface area contributed by atoms with E-state index in [1.165, 1.54) is 13.0 Å². The smallest absolute Gasteiger partial charge is 0.0510 e. The fraction of sp³-hybridized carbons (Fsp3) is 1.00. The van der Waals surface area contributed by atoms with Gasteiger partial charge in [0.15, 0.2) is 0 Å². The largest absolute Gasteiger partial charge is 0.381 e. The van der Waals surface area contributed by atoms with E-state index in [0.717, 1.165) is 32.2 Å². The van der Waals surface area contributed by atoms with Gasteiger partial charge in [-0.05, 0) is 13.5 Å². The molecule has 3 heteroatoms. The molecule has 2 rings (SSSR count). The van der Waals surface area contributed by atoms with Crippen molar-refractivity contribution in [1.29, 1.82) is 0 Å². The summed E-state index contributed by atoms with van der Waals surface area (Å²) in [5, 5.41) is 3.44. The van der Waals surface area contributed by atoms with Crippen molar-refractivity contribution in [2.24, 2.45) is 5.92 Å². The Balaban J connectivity index is 1.91. The van der Waals surface area contributed by atoms with Crippen LogP contribution < -0.4 is 5.32 Å². The maximum Gasteiger partial charge on any atom is 0.0510 e. The maximum absolute atomic E-state index is 5.40. The highest BCUT2D eigenvalue weighted by atomic mass is 16.5. The Labute approximate surface area is 74.1 Å². The van der Waals surface area contributed by atoms with E-state index in [-0.39, 0.29) is 0 Å².